The van der Waals surface area contributed by atoms with Crippen LogP contribution < -0.4 is 14.2 Å². The van der Waals surface area contributed by atoms with Gasteiger partial charge < -0.3 is 24.4 Å². The molecule has 0 atom stereocenters. The van der Waals surface area contributed by atoms with Gasteiger partial charge in [-0.2, -0.15) is 0 Å². The molecule has 0 aliphatic rings. The molecule has 0 heterocycles. The average molecular weight is 439 g/mol. The fraction of sp³-hybridized carbons (Fsp3) is 0.200. The number of ether oxygens (including phenoxy) is 3. The highest BCUT2D eigenvalue weighted by atomic mass is 32.1. The Morgan fingerprint density at radius 3 is 2.23 bits per heavy atom. The van der Waals surface area contributed by atoms with E-state index in [-0.39, 0.29) is 17.2 Å². The van der Waals surface area contributed by atoms with Crippen molar-refractivity contribution in [2.75, 3.05) is 20.8 Å². The first-order chi connectivity index (χ1) is 14.9. The molecule has 0 bridgehead atoms. The smallest absolute Gasteiger partial charge is 0.174 e. The van der Waals surface area contributed by atoms with Crippen molar-refractivity contribution in [1.29, 1.82) is 0 Å². The van der Waals surface area contributed by atoms with Crippen LogP contribution in [0.25, 0.3) is 22.3 Å². The summed E-state index contributed by atoms with van der Waals surface area (Å²) in [5, 5.41) is 21.7. The van der Waals surface area contributed by atoms with E-state index in [2.05, 4.69) is 12.6 Å². The third kappa shape index (κ3) is 4.75. The summed E-state index contributed by atoms with van der Waals surface area (Å²) in [6.45, 7) is 4.25. The number of benzene rings is 3. The summed E-state index contributed by atoms with van der Waals surface area (Å²) >= 11 is 4.48. The highest BCUT2D eigenvalue weighted by Gasteiger charge is 2.23. The number of hydrogen-bond acceptors (Lipinski definition) is 6. The van der Waals surface area contributed by atoms with Crippen LogP contribution in [0.15, 0.2) is 65.1 Å². The minimum Gasteiger partial charge on any atom is -0.504 e. The molecular formula is C25H26O5S. The van der Waals surface area contributed by atoms with E-state index in [1.165, 1.54) is 20.3 Å². The van der Waals surface area contributed by atoms with Gasteiger partial charge in [0.1, 0.15) is 12.4 Å². The summed E-state index contributed by atoms with van der Waals surface area (Å²) in [6.07, 6.45) is 1.91. The van der Waals surface area contributed by atoms with Crippen LogP contribution in [-0.4, -0.2) is 31.0 Å². The summed E-state index contributed by atoms with van der Waals surface area (Å²) in [4.78, 5) is 0.435. The number of phenols is 2. The number of allylic oxidation sites excluding steroid dienone is 1. The molecule has 0 saturated heterocycles. The van der Waals surface area contributed by atoms with E-state index in [1.807, 2.05) is 50.3 Å². The van der Waals surface area contributed by atoms with E-state index in [9.17, 15) is 10.2 Å². The lowest BCUT2D eigenvalue weighted by Gasteiger charge is -2.19. The predicted molar refractivity (Wildman–Crippen MR) is 126 cm³/mol. The van der Waals surface area contributed by atoms with Crippen molar-refractivity contribution >= 4 is 12.6 Å². The van der Waals surface area contributed by atoms with Crippen LogP contribution in [0.3, 0.4) is 0 Å². The monoisotopic (exact) mass is 438 g/mol. The van der Waals surface area contributed by atoms with Crippen LogP contribution in [0.5, 0.6) is 28.7 Å². The molecule has 3 aromatic rings. The normalized spacial score (nSPS) is 10.5. The number of thiol groups is 1. The number of aromatic hydroxyl groups is 2. The standard InChI is InChI=1S/C25H26O5S/c1-15(2)10-11-30-25-19(26)12-17(13-21(25)31)22-20(28-3)14-18(24(29-4)23(22)27)16-8-6-5-7-9-16/h5-10,12-14,26-27,31H,11H2,1-4H3. The Labute approximate surface area is 187 Å². The summed E-state index contributed by atoms with van der Waals surface area (Å²) in [6, 6.07) is 14.6. The van der Waals surface area contributed by atoms with Gasteiger partial charge in [-0.3, -0.25) is 0 Å². The van der Waals surface area contributed by atoms with Crippen molar-refractivity contribution in [2.24, 2.45) is 0 Å². The quantitative estimate of drug-likeness (QED) is 0.308. The van der Waals surface area contributed by atoms with Gasteiger partial charge in [0, 0.05) is 5.56 Å². The van der Waals surface area contributed by atoms with E-state index in [0.29, 0.717) is 39.7 Å². The van der Waals surface area contributed by atoms with Crippen LogP contribution in [0.4, 0.5) is 0 Å². The largest absolute Gasteiger partial charge is 0.504 e. The highest BCUT2D eigenvalue weighted by molar-refractivity contribution is 7.80. The van der Waals surface area contributed by atoms with Crippen molar-refractivity contribution in [3.63, 3.8) is 0 Å². The zero-order valence-electron chi connectivity index (χ0n) is 18.0. The molecule has 5 nitrogen and oxygen atoms in total. The summed E-state index contributed by atoms with van der Waals surface area (Å²) < 4.78 is 16.8. The molecule has 0 aromatic heterocycles. The van der Waals surface area contributed by atoms with Crippen molar-refractivity contribution in [2.45, 2.75) is 18.7 Å². The molecule has 0 aliphatic heterocycles. The van der Waals surface area contributed by atoms with Crippen LogP contribution in [0.1, 0.15) is 13.8 Å². The maximum absolute atomic E-state index is 11.1. The second-order valence-electron chi connectivity index (χ2n) is 7.19. The molecule has 0 saturated carbocycles. The lowest BCUT2D eigenvalue weighted by Crippen LogP contribution is -1.98. The minimum absolute atomic E-state index is 0.0859. The maximum atomic E-state index is 11.1. The second kappa shape index (κ2) is 9.71. The first-order valence-electron chi connectivity index (χ1n) is 9.73. The van der Waals surface area contributed by atoms with Crippen molar-refractivity contribution in [1.82, 2.24) is 0 Å². The Morgan fingerprint density at radius 1 is 0.935 bits per heavy atom. The Hall–Kier alpha value is -3.25. The summed E-state index contributed by atoms with van der Waals surface area (Å²) in [7, 11) is 3.03. The van der Waals surface area contributed by atoms with Crippen molar-refractivity contribution in [3.05, 3.63) is 60.2 Å². The van der Waals surface area contributed by atoms with Crippen LogP contribution >= 0.6 is 12.6 Å². The molecule has 31 heavy (non-hydrogen) atoms. The maximum Gasteiger partial charge on any atom is 0.174 e. The average Bonchev–Trinajstić information content (AvgIpc) is 2.75. The predicted octanol–water partition coefficient (Wildman–Crippen LogP) is 6.08. The van der Waals surface area contributed by atoms with Crippen LogP contribution in [0, 0.1) is 0 Å². The van der Waals surface area contributed by atoms with Crippen LogP contribution in [-0.2, 0) is 0 Å². The van der Waals surface area contributed by atoms with Crippen molar-refractivity contribution in [3.8, 4) is 51.0 Å². The Bertz CT molecular complexity index is 1080. The van der Waals surface area contributed by atoms with Gasteiger partial charge in [-0.15, -0.1) is 12.6 Å². The molecule has 162 valence electrons. The van der Waals surface area contributed by atoms with Crippen molar-refractivity contribution < 1.29 is 24.4 Å². The van der Waals surface area contributed by atoms with Gasteiger partial charge in [-0.1, -0.05) is 35.9 Å². The van der Waals surface area contributed by atoms with E-state index in [4.69, 9.17) is 14.2 Å². The minimum atomic E-state index is -0.0916. The highest BCUT2D eigenvalue weighted by Crippen LogP contribution is 2.51. The Kier molecular flexibility index (Phi) is 7.02. The van der Waals surface area contributed by atoms with Gasteiger partial charge in [-0.25, -0.2) is 0 Å². The fourth-order valence-electron chi connectivity index (χ4n) is 3.29. The molecule has 0 aliphatic carbocycles. The van der Waals surface area contributed by atoms with Gasteiger partial charge in [0.2, 0.25) is 0 Å². The summed E-state index contributed by atoms with van der Waals surface area (Å²) in [5.41, 5.74) is 3.58. The molecular weight excluding hydrogens is 412 g/mol. The number of rotatable bonds is 7. The van der Waals surface area contributed by atoms with E-state index >= 15 is 0 Å². The summed E-state index contributed by atoms with van der Waals surface area (Å²) in [5.74, 6) is 0.841. The van der Waals surface area contributed by atoms with Gasteiger partial charge in [0.15, 0.2) is 23.0 Å². The second-order valence-corrected chi connectivity index (χ2v) is 7.67. The zero-order chi connectivity index (χ0) is 22.5. The lowest BCUT2D eigenvalue weighted by atomic mass is 9.96. The molecule has 0 radical (unpaired) electrons. The molecule has 6 heteroatoms. The number of methoxy groups -OCH3 is 2. The third-order valence-corrected chi connectivity index (χ3v) is 5.12. The SMILES string of the molecule is COc1cc(-c2ccccc2)c(OC)c(O)c1-c1cc(O)c(OCC=C(C)C)c(S)c1. The molecule has 2 N–H and O–H groups in total. The molecule has 0 unspecified atom stereocenters. The van der Waals surface area contributed by atoms with Crippen LogP contribution in [0.2, 0.25) is 0 Å². The first kappa shape index (κ1) is 22.4. The molecule has 0 fully saturated rings. The van der Waals surface area contributed by atoms with E-state index < -0.39 is 0 Å². The van der Waals surface area contributed by atoms with E-state index in [0.717, 1.165) is 11.1 Å². The van der Waals surface area contributed by atoms with E-state index in [1.54, 1.807) is 12.1 Å². The Morgan fingerprint density at radius 2 is 1.65 bits per heavy atom. The molecule has 0 amide bonds. The van der Waals surface area contributed by atoms with Gasteiger partial charge in [-0.05, 0) is 49.2 Å². The lowest BCUT2D eigenvalue weighted by molar-refractivity contribution is 0.327. The van der Waals surface area contributed by atoms with Gasteiger partial charge >= 0.3 is 0 Å². The zero-order valence-corrected chi connectivity index (χ0v) is 18.9. The number of hydrogen-bond donors (Lipinski definition) is 3. The topological polar surface area (TPSA) is 68.2 Å². The molecule has 3 aromatic carbocycles. The Balaban J connectivity index is 2.13. The third-order valence-electron chi connectivity index (χ3n) is 4.78. The first-order valence-corrected chi connectivity index (χ1v) is 10.2. The van der Waals surface area contributed by atoms with Gasteiger partial charge in [0.25, 0.3) is 0 Å². The molecule has 0 spiro atoms. The fourth-order valence-corrected chi connectivity index (χ4v) is 3.61. The van der Waals surface area contributed by atoms with Gasteiger partial charge in [0.05, 0.1) is 24.7 Å². The molecule has 3 rings (SSSR count). The number of phenolic OH excluding ortho intramolecular Hbond substituents is 2.